The molecule has 0 atom stereocenters. The molecule has 0 unspecified atom stereocenters. The van der Waals surface area contributed by atoms with Crippen molar-refractivity contribution in [1.82, 2.24) is 10.3 Å². The summed E-state index contributed by atoms with van der Waals surface area (Å²) in [6.07, 6.45) is 1.75. The van der Waals surface area contributed by atoms with E-state index in [9.17, 15) is 4.39 Å². The number of benzene rings is 1. The maximum Gasteiger partial charge on any atom is 0.130 e. The van der Waals surface area contributed by atoms with Crippen LogP contribution in [0.5, 0.6) is 5.75 Å². The van der Waals surface area contributed by atoms with Crippen LogP contribution in [0.25, 0.3) is 0 Å². The molecule has 0 bridgehead atoms. The number of halogens is 1. The van der Waals surface area contributed by atoms with Gasteiger partial charge in [-0.3, -0.25) is 4.98 Å². The molecule has 106 valence electrons. The summed E-state index contributed by atoms with van der Waals surface area (Å²) in [5.41, 5.74) is 2.80. The van der Waals surface area contributed by atoms with Gasteiger partial charge >= 0.3 is 0 Å². The largest absolute Gasteiger partial charge is 0.487 e. The summed E-state index contributed by atoms with van der Waals surface area (Å²) in [6, 6.07) is 8.48. The van der Waals surface area contributed by atoms with Crippen LogP contribution in [-0.4, -0.2) is 11.5 Å². The third-order valence-electron chi connectivity index (χ3n) is 3.07. The van der Waals surface area contributed by atoms with Crippen LogP contribution >= 0.6 is 0 Å². The standard InChI is InChI=1S/C16H19FN2O/c1-3-18-10-13-9-14(17)6-7-16(13)20-11-15-12(2)5-4-8-19-15/h4-9,18H,3,10-11H2,1-2H3. The van der Waals surface area contributed by atoms with Crippen molar-refractivity contribution in [3.8, 4) is 5.75 Å². The van der Waals surface area contributed by atoms with E-state index in [0.717, 1.165) is 23.4 Å². The second-order valence-corrected chi connectivity index (χ2v) is 4.59. The van der Waals surface area contributed by atoms with Gasteiger partial charge in [0.1, 0.15) is 18.2 Å². The van der Waals surface area contributed by atoms with E-state index in [2.05, 4.69) is 10.3 Å². The van der Waals surface area contributed by atoms with Gasteiger partial charge in [0.15, 0.2) is 0 Å². The molecular formula is C16H19FN2O. The average molecular weight is 274 g/mol. The van der Waals surface area contributed by atoms with Crippen LogP contribution in [-0.2, 0) is 13.2 Å². The van der Waals surface area contributed by atoms with E-state index in [1.807, 2.05) is 26.0 Å². The van der Waals surface area contributed by atoms with E-state index < -0.39 is 0 Å². The molecule has 0 fully saturated rings. The van der Waals surface area contributed by atoms with Crippen LogP contribution in [0.3, 0.4) is 0 Å². The lowest BCUT2D eigenvalue weighted by atomic mass is 10.2. The third kappa shape index (κ3) is 3.78. The Balaban J connectivity index is 2.10. The Morgan fingerprint density at radius 2 is 2.15 bits per heavy atom. The number of rotatable bonds is 6. The van der Waals surface area contributed by atoms with Crippen LogP contribution < -0.4 is 10.1 Å². The number of pyridine rings is 1. The average Bonchev–Trinajstić information content (AvgIpc) is 2.45. The molecule has 1 aromatic carbocycles. The SMILES string of the molecule is CCNCc1cc(F)ccc1OCc1ncccc1C. The quantitative estimate of drug-likeness (QED) is 0.878. The molecule has 1 N–H and O–H groups in total. The normalized spacial score (nSPS) is 10.6. The van der Waals surface area contributed by atoms with Crippen molar-refractivity contribution in [2.24, 2.45) is 0 Å². The molecule has 0 aliphatic heterocycles. The zero-order valence-corrected chi connectivity index (χ0v) is 11.8. The Morgan fingerprint density at radius 1 is 1.30 bits per heavy atom. The second kappa shape index (κ2) is 7.01. The molecule has 4 heteroatoms. The van der Waals surface area contributed by atoms with Crippen LogP contribution in [0.1, 0.15) is 23.7 Å². The Bertz CT molecular complexity index is 572. The van der Waals surface area contributed by atoms with Crippen LogP contribution in [0.4, 0.5) is 4.39 Å². The van der Waals surface area contributed by atoms with E-state index in [4.69, 9.17) is 4.74 Å². The summed E-state index contributed by atoms with van der Waals surface area (Å²) in [7, 11) is 0. The van der Waals surface area contributed by atoms with Crippen molar-refractivity contribution < 1.29 is 9.13 Å². The first kappa shape index (κ1) is 14.5. The number of ether oxygens (including phenoxy) is 1. The van der Waals surface area contributed by atoms with Gasteiger partial charge in [0.25, 0.3) is 0 Å². The van der Waals surface area contributed by atoms with E-state index in [0.29, 0.717) is 18.9 Å². The summed E-state index contributed by atoms with van der Waals surface area (Å²) in [4.78, 5) is 4.29. The molecule has 0 saturated carbocycles. The van der Waals surface area contributed by atoms with Gasteiger partial charge in [-0.1, -0.05) is 13.0 Å². The van der Waals surface area contributed by atoms with E-state index >= 15 is 0 Å². The molecule has 3 nitrogen and oxygen atoms in total. The number of aromatic nitrogens is 1. The predicted octanol–water partition coefficient (Wildman–Crippen LogP) is 3.22. The summed E-state index contributed by atoms with van der Waals surface area (Å²) in [6.45, 7) is 5.81. The highest BCUT2D eigenvalue weighted by Crippen LogP contribution is 2.21. The minimum atomic E-state index is -0.251. The highest BCUT2D eigenvalue weighted by atomic mass is 19.1. The van der Waals surface area contributed by atoms with E-state index in [1.54, 1.807) is 12.3 Å². The summed E-state index contributed by atoms with van der Waals surface area (Å²) in [5.74, 6) is 0.441. The van der Waals surface area contributed by atoms with Crippen molar-refractivity contribution in [2.75, 3.05) is 6.54 Å². The first-order valence-electron chi connectivity index (χ1n) is 6.73. The lowest BCUT2D eigenvalue weighted by Gasteiger charge is -2.12. The number of hydrogen-bond acceptors (Lipinski definition) is 3. The van der Waals surface area contributed by atoms with Gasteiger partial charge in [0, 0.05) is 18.3 Å². The number of hydrogen-bond donors (Lipinski definition) is 1. The Morgan fingerprint density at radius 3 is 2.90 bits per heavy atom. The minimum Gasteiger partial charge on any atom is -0.487 e. The monoisotopic (exact) mass is 274 g/mol. The molecule has 1 heterocycles. The lowest BCUT2D eigenvalue weighted by Crippen LogP contribution is -2.13. The zero-order valence-electron chi connectivity index (χ0n) is 11.8. The van der Waals surface area contributed by atoms with Crippen LogP contribution in [0.15, 0.2) is 36.5 Å². The fraction of sp³-hybridized carbons (Fsp3) is 0.312. The lowest BCUT2D eigenvalue weighted by molar-refractivity contribution is 0.296. The second-order valence-electron chi connectivity index (χ2n) is 4.59. The van der Waals surface area contributed by atoms with Crippen molar-refractivity contribution in [1.29, 1.82) is 0 Å². The van der Waals surface area contributed by atoms with E-state index in [-0.39, 0.29) is 5.82 Å². The minimum absolute atomic E-state index is 0.251. The molecule has 0 aliphatic rings. The van der Waals surface area contributed by atoms with Crippen molar-refractivity contribution in [2.45, 2.75) is 27.0 Å². The van der Waals surface area contributed by atoms with Gasteiger partial charge in [-0.15, -0.1) is 0 Å². The molecule has 0 spiro atoms. The maximum atomic E-state index is 13.3. The summed E-state index contributed by atoms with van der Waals surface area (Å²) in [5, 5.41) is 3.18. The van der Waals surface area contributed by atoms with E-state index in [1.165, 1.54) is 12.1 Å². The Hall–Kier alpha value is -1.94. The van der Waals surface area contributed by atoms with Gasteiger partial charge in [0.05, 0.1) is 5.69 Å². The Labute approximate surface area is 118 Å². The van der Waals surface area contributed by atoms with Crippen molar-refractivity contribution in [3.05, 3.63) is 59.2 Å². The van der Waals surface area contributed by atoms with Gasteiger partial charge < -0.3 is 10.1 Å². The molecule has 2 aromatic rings. The fourth-order valence-electron chi connectivity index (χ4n) is 1.90. The number of nitrogens with one attached hydrogen (secondary N) is 1. The van der Waals surface area contributed by atoms with Crippen molar-refractivity contribution >= 4 is 0 Å². The Kier molecular flexibility index (Phi) is 5.07. The first-order chi connectivity index (χ1) is 9.70. The molecule has 0 aliphatic carbocycles. The first-order valence-corrected chi connectivity index (χ1v) is 6.73. The summed E-state index contributed by atoms with van der Waals surface area (Å²) >= 11 is 0. The van der Waals surface area contributed by atoms with Crippen molar-refractivity contribution in [3.63, 3.8) is 0 Å². The topological polar surface area (TPSA) is 34.1 Å². The molecule has 0 amide bonds. The predicted molar refractivity (Wildman–Crippen MR) is 77.1 cm³/mol. The zero-order chi connectivity index (χ0) is 14.4. The third-order valence-corrected chi connectivity index (χ3v) is 3.07. The highest BCUT2D eigenvalue weighted by molar-refractivity contribution is 5.34. The molecule has 0 radical (unpaired) electrons. The van der Waals surface area contributed by atoms with Gasteiger partial charge in [-0.2, -0.15) is 0 Å². The summed E-state index contributed by atoms with van der Waals surface area (Å²) < 4.78 is 19.1. The maximum absolute atomic E-state index is 13.3. The molecular weight excluding hydrogens is 255 g/mol. The smallest absolute Gasteiger partial charge is 0.130 e. The number of aryl methyl sites for hydroxylation is 1. The molecule has 1 aromatic heterocycles. The molecule has 2 rings (SSSR count). The molecule has 0 saturated heterocycles. The molecule has 20 heavy (non-hydrogen) atoms. The van der Waals surface area contributed by atoms with Gasteiger partial charge in [0.2, 0.25) is 0 Å². The fourth-order valence-corrected chi connectivity index (χ4v) is 1.90. The van der Waals surface area contributed by atoms with Gasteiger partial charge in [-0.05, 0) is 43.3 Å². The van der Waals surface area contributed by atoms with Crippen LogP contribution in [0.2, 0.25) is 0 Å². The van der Waals surface area contributed by atoms with Crippen LogP contribution in [0, 0.1) is 12.7 Å². The van der Waals surface area contributed by atoms with Gasteiger partial charge in [-0.25, -0.2) is 4.39 Å². The number of nitrogens with zero attached hydrogens (tertiary/aromatic N) is 1. The highest BCUT2D eigenvalue weighted by Gasteiger charge is 2.07.